The van der Waals surface area contributed by atoms with Gasteiger partial charge in [-0.05, 0) is 30.9 Å². The number of carboxylic acids is 1. The molecule has 1 atom stereocenters. The van der Waals surface area contributed by atoms with Crippen LogP contribution >= 0.6 is 0 Å². The van der Waals surface area contributed by atoms with Gasteiger partial charge in [0.25, 0.3) is 0 Å². The van der Waals surface area contributed by atoms with Gasteiger partial charge in [-0.3, -0.25) is 9.59 Å². The van der Waals surface area contributed by atoms with Gasteiger partial charge >= 0.3 is 5.97 Å². The zero-order valence-corrected chi connectivity index (χ0v) is 14.8. The normalized spacial score (nSPS) is 13.0. The highest BCUT2D eigenvalue weighted by atomic mass is 16.4. The summed E-state index contributed by atoms with van der Waals surface area (Å²) >= 11 is 0. The largest absolute Gasteiger partial charge is 0.481 e. The van der Waals surface area contributed by atoms with Gasteiger partial charge in [0.05, 0.1) is 0 Å². The Bertz CT molecular complexity index is 710. The van der Waals surface area contributed by atoms with Crippen LogP contribution in [0.1, 0.15) is 36.5 Å². The summed E-state index contributed by atoms with van der Waals surface area (Å²) < 4.78 is 0. The molecule has 0 aromatic heterocycles. The maximum Gasteiger partial charge on any atom is 0.315 e. The Morgan fingerprint density at radius 3 is 2.24 bits per heavy atom. The average Bonchev–Trinajstić information content (AvgIpc) is 2.63. The molecule has 2 aromatic carbocycles. The van der Waals surface area contributed by atoms with Crippen LogP contribution < -0.4 is 5.32 Å². The molecule has 4 heteroatoms. The Kier molecular flexibility index (Phi) is 6.34. The van der Waals surface area contributed by atoms with Crippen LogP contribution in [0.2, 0.25) is 0 Å². The number of aliphatic carboxylic acids is 1. The molecule has 0 bridgehead atoms. The van der Waals surface area contributed by atoms with Gasteiger partial charge in [0, 0.05) is 13.0 Å². The number of hydrogen-bond acceptors (Lipinski definition) is 2. The number of carbonyl (C=O) groups excluding carboxylic acids is 1. The number of carbonyl (C=O) groups is 2. The third kappa shape index (κ3) is 4.69. The molecule has 1 unspecified atom stereocenters. The first-order valence-corrected chi connectivity index (χ1v) is 8.59. The average molecular weight is 339 g/mol. The molecule has 2 N–H and O–H groups in total. The highest BCUT2D eigenvalue weighted by molar-refractivity contribution is 5.83. The highest BCUT2D eigenvalue weighted by Gasteiger charge is 2.38. The molecule has 25 heavy (non-hydrogen) atoms. The SMILES string of the molecule is CCC(CNC(=O)CCc1ccc(C)cc1)(C(=O)O)c1ccccc1. The van der Waals surface area contributed by atoms with E-state index in [2.05, 4.69) is 5.32 Å². The summed E-state index contributed by atoms with van der Waals surface area (Å²) in [5.41, 5.74) is 1.90. The van der Waals surface area contributed by atoms with Crippen molar-refractivity contribution < 1.29 is 14.7 Å². The molecule has 0 spiro atoms. The summed E-state index contributed by atoms with van der Waals surface area (Å²) in [6.45, 7) is 3.95. The molecular weight excluding hydrogens is 314 g/mol. The van der Waals surface area contributed by atoms with Crippen molar-refractivity contribution in [3.8, 4) is 0 Å². The Hall–Kier alpha value is -2.62. The van der Waals surface area contributed by atoms with E-state index in [1.807, 2.05) is 56.3 Å². The Balaban J connectivity index is 1.99. The summed E-state index contributed by atoms with van der Waals surface area (Å²) in [7, 11) is 0. The first-order chi connectivity index (χ1) is 12.0. The van der Waals surface area contributed by atoms with Gasteiger partial charge in [-0.15, -0.1) is 0 Å². The van der Waals surface area contributed by atoms with E-state index >= 15 is 0 Å². The number of benzene rings is 2. The van der Waals surface area contributed by atoms with Gasteiger partial charge in [-0.25, -0.2) is 0 Å². The van der Waals surface area contributed by atoms with E-state index in [1.165, 1.54) is 5.56 Å². The molecule has 2 aromatic rings. The van der Waals surface area contributed by atoms with Crippen molar-refractivity contribution in [3.05, 3.63) is 71.3 Å². The molecule has 0 radical (unpaired) electrons. The third-order valence-corrected chi connectivity index (χ3v) is 4.69. The van der Waals surface area contributed by atoms with Crippen molar-refractivity contribution in [1.29, 1.82) is 0 Å². The lowest BCUT2D eigenvalue weighted by molar-refractivity contribution is -0.144. The van der Waals surface area contributed by atoms with Crippen molar-refractivity contribution in [3.63, 3.8) is 0 Å². The van der Waals surface area contributed by atoms with Gasteiger partial charge in [-0.1, -0.05) is 67.1 Å². The zero-order chi connectivity index (χ0) is 18.3. The first-order valence-electron chi connectivity index (χ1n) is 8.59. The van der Waals surface area contributed by atoms with Crippen LogP contribution in [0.3, 0.4) is 0 Å². The van der Waals surface area contributed by atoms with E-state index in [9.17, 15) is 14.7 Å². The quantitative estimate of drug-likeness (QED) is 0.774. The summed E-state index contributed by atoms with van der Waals surface area (Å²) in [5.74, 6) is -1.05. The number of nitrogens with one attached hydrogen (secondary N) is 1. The van der Waals surface area contributed by atoms with Gasteiger partial charge in [0.1, 0.15) is 5.41 Å². The van der Waals surface area contributed by atoms with Crippen molar-refractivity contribution >= 4 is 11.9 Å². The second kappa shape index (κ2) is 8.47. The molecule has 0 heterocycles. The van der Waals surface area contributed by atoms with Gasteiger partial charge in [-0.2, -0.15) is 0 Å². The number of hydrogen-bond donors (Lipinski definition) is 2. The molecule has 0 fully saturated rings. The van der Waals surface area contributed by atoms with E-state index in [0.29, 0.717) is 24.8 Å². The van der Waals surface area contributed by atoms with Crippen molar-refractivity contribution in [1.82, 2.24) is 5.32 Å². The van der Waals surface area contributed by atoms with Crippen LogP contribution in [-0.2, 0) is 21.4 Å². The molecule has 0 aliphatic heterocycles. The van der Waals surface area contributed by atoms with Crippen molar-refractivity contribution in [2.75, 3.05) is 6.54 Å². The summed E-state index contributed by atoms with van der Waals surface area (Å²) in [5, 5.41) is 12.6. The van der Waals surface area contributed by atoms with E-state index in [0.717, 1.165) is 5.56 Å². The van der Waals surface area contributed by atoms with E-state index in [4.69, 9.17) is 0 Å². The minimum atomic E-state index is -1.10. The molecule has 0 aliphatic rings. The van der Waals surface area contributed by atoms with Crippen LogP contribution in [0.15, 0.2) is 54.6 Å². The van der Waals surface area contributed by atoms with E-state index in [-0.39, 0.29) is 12.5 Å². The molecule has 4 nitrogen and oxygen atoms in total. The highest BCUT2D eigenvalue weighted by Crippen LogP contribution is 2.27. The molecule has 132 valence electrons. The number of carboxylic acid groups (broad SMARTS) is 1. The van der Waals surface area contributed by atoms with Crippen LogP contribution in [0.5, 0.6) is 0 Å². The summed E-state index contributed by atoms with van der Waals surface area (Å²) in [6.07, 6.45) is 1.39. The lowest BCUT2D eigenvalue weighted by atomic mass is 9.78. The third-order valence-electron chi connectivity index (χ3n) is 4.69. The molecule has 1 amide bonds. The predicted molar refractivity (Wildman–Crippen MR) is 98.6 cm³/mol. The van der Waals surface area contributed by atoms with Crippen molar-refractivity contribution in [2.45, 2.75) is 38.5 Å². The van der Waals surface area contributed by atoms with Crippen molar-refractivity contribution in [2.24, 2.45) is 0 Å². The molecular formula is C21H25NO3. The Morgan fingerprint density at radius 1 is 1.04 bits per heavy atom. The second-order valence-corrected chi connectivity index (χ2v) is 6.37. The number of amides is 1. The number of aryl methyl sites for hydroxylation is 2. The van der Waals surface area contributed by atoms with Crippen LogP contribution in [-0.4, -0.2) is 23.5 Å². The van der Waals surface area contributed by atoms with E-state index in [1.54, 1.807) is 12.1 Å². The first kappa shape index (κ1) is 18.7. The monoisotopic (exact) mass is 339 g/mol. The fourth-order valence-corrected chi connectivity index (χ4v) is 2.89. The molecule has 2 rings (SSSR count). The fourth-order valence-electron chi connectivity index (χ4n) is 2.89. The summed E-state index contributed by atoms with van der Waals surface area (Å²) in [6, 6.07) is 17.2. The predicted octanol–water partition coefficient (Wildman–Crippen LogP) is 3.48. The lowest BCUT2D eigenvalue weighted by Crippen LogP contribution is -2.46. The minimum absolute atomic E-state index is 0.0928. The number of rotatable bonds is 8. The Labute approximate surface area is 148 Å². The lowest BCUT2D eigenvalue weighted by Gasteiger charge is -2.29. The zero-order valence-electron chi connectivity index (χ0n) is 14.8. The Morgan fingerprint density at radius 2 is 1.68 bits per heavy atom. The fraction of sp³-hybridized carbons (Fsp3) is 0.333. The minimum Gasteiger partial charge on any atom is -0.481 e. The van der Waals surface area contributed by atoms with Gasteiger partial charge in [0.2, 0.25) is 5.91 Å². The topological polar surface area (TPSA) is 66.4 Å². The molecule has 0 saturated carbocycles. The van der Waals surface area contributed by atoms with E-state index < -0.39 is 11.4 Å². The van der Waals surface area contributed by atoms with Crippen LogP contribution in [0.25, 0.3) is 0 Å². The second-order valence-electron chi connectivity index (χ2n) is 6.37. The maximum absolute atomic E-state index is 12.2. The maximum atomic E-state index is 12.2. The van der Waals surface area contributed by atoms with Gasteiger partial charge < -0.3 is 10.4 Å². The molecule has 0 aliphatic carbocycles. The summed E-state index contributed by atoms with van der Waals surface area (Å²) in [4.78, 5) is 24.1. The van der Waals surface area contributed by atoms with Crippen LogP contribution in [0, 0.1) is 6.92 Å². The van der Waals surface area contributed by atoms with Crippen LogP contribution in [0.4, 0.5) is 0 Å². The standard InChI is InChI=1S/C21H25NO3/c1-3-21(20(24)25,18-7-5-4-6-8-18)15-22-19(23)14-13-17-11-9-16(2)10-12-17/h4-12H,3,13-15H2,1-2H3,(H,22,23)(H,24,25). The van der Waals surface area contributed by atoms with Gasteiger partial charge in [0.15, 0.2) is 0 Å². The smallest absolute Gasteiger partial charge is 0.315 e. The molecule has 0 saturated heterocycles.